The molecule has 0 aliphatic rings. The Kier molecular flexibility index (Phi) is 5.39. The summed E-state index contributed by atoms with van der Waals surface area (Å²) in [7, 11) is 1.16. The van der Waals surface area contributed by atoms with E-state index in [9.17, 15) is 14.0 Å². The zero-order valence-electron chi connectivity index (χ0n) is 10.9. The Morgan fingerprint density at radius 1 is 1.48 bits per heavy atom. The monoisotopic (exact) mass is 294 g/mol. The van der Waals surface area contributed by atoms with E-state index in [1.807, 2.05) is 0 Å². The Morgan fingerprint density at radius 2 is 2.14 bits per heavy atom. The molecular weight excluding hydrogens is 283 g/mol. The quantitative estimate of drug-likeness (QED) is 0.478. The number of carboxylic acid groups (broad SMARTS) is 1. The van der Waals surface area contributed by atoms with Gasteiger partial charge in [0.15, 0.2) is 0 Å². The Hall–Kier alpha value is -2.92. The van der Waals surface area contributed by atoms with Gasteiger partial charge in [-0.25, -0.2) is 14.2 Å². The maximum atomic E-state index is 13.2. The summed E-state index contributed by atoms with van der Waals surface area (Å²) in [6, 6.07) is 5.30. The average Bonchev–Trinajstić information content (AvgIpc) is 2.45. The minimum Gasteiger partial charge on any atom is -0.502 e. The van der Waals surface area contributed by atoms with Crippen LogP contribution in [0, 0.1) is 17.1 Å². The number of hydrogen-bond donors (Lipinski definition) is 2. The number of nitrogens with zero attached hydrogens (tertiary/aromatic N) is 2. The minimum absolute atomic E-state index is 0.159. The zero-order chi connectivity index (χ0) is 16.0. The van der Waals surface area contributed by atoms with E-state index in [0.717, 1.165) is 18.2 Å². The van der Waals surface area contributed by atoms with Gasteiger partial charge in [-0.2, -0.15) is 5.26 Å². The predicted molar refractivity (Wildman–Crippen MR) is 67.0 cm³/mol. The molecule has 0 unspecified atom stereocenters. The highest BCUT2D eigenvalue weighted by Gasteiger charge is 2.16. The lowest BCUT2D eigenvalue weighted by molar-refractivity contribution is -0.173. The van der Waals surface area contributed by atoms with Crippen molar-refractivity contribution < 1.29 is 29.0 Å². The van der Waals surface area contributed by atoms with Crippen molar-refractivity contribution in [3.8, 4) is 6.07 Å². The first-order valence-corrected chi connectivity index (χ1v) is 5.57. The average molecular weight is 294 g/mol. The molecule has 2 N–H and O–H groups in total. The number of aliphatic carboxylic acids is 1. The molecule has 1 amide bonds. The van der Waals surface area contributed by atoms with E-state index in [1.165, 1.54) is 12.1 Å². The third kappa shape index (κ3) is 4.29. The zero-order valence-corrected chi connectivity index (χ0v) is 10.9. The van der Waals surface area contributed by atoms with Crippen molar-refractivity contribution in [3.05, 3.63) is 47.0 Å². The van der Waals surface area contributed by atoms with Crippen LogP contribution in [0.15, 0.2) is 30.0 Å². The van der Waals surface area contributed by atoms with Gasteiger partial charge < -0.3 is 10.2 Å². The van der Waals surface area contributed by atoms with E-state index < -0.39 is 23.5 Å². The molecule has 110 valence electrons. The van der Waals surface area contributed by atoms with E-state index in [0.29, 0.717) is 11.6 Å². The largest absolute Gasteiger partial charge is 0.502 e. The van der Waals surface area contributed by atoms with Crippen LogP contribution in [0.3, 0.4) is 0 Å². The summed E-state index contributed by atoms with van der Waals surface area (Å²) in [5.74, 6) is -4.41. The molecule has 0 aliphatic heterocycles. The highest BCUT2D eigenvalue weighted by Crippen LogP contribution is 2.12. The second-order valence-electron chi connectivity index (χ2n) is 3.82. The second kappa shape index (κ2) is 7.02. The van der Waals surface area contributed by atoms with E-state index in [-0.39, 0.29) is 12.1 Å². The Morgan fingerprint density at radius 3 is 2.67 bits per heavy atom. The first kappa shape index (κ1) is 16.1. The molecular formula is C13H11FN2O5. The highest BCUT2D eigenvalue weighted by atomic mass is 19.1. The standard InChI is InChI=1S/C13H11FN2O5/c1-21-16(12(18)5-11(17)13(19)20)7-8-2-3-10(14)9(4-8)6-15/h2-5,17H,7H2,1H3,(H,19,20). The maximum absolute atomic E-state index is 13.2. The molecule has 0 fully saturated rings. The molecule has 7 nitrogen and oxygen atoms in total. The van der Waals surface area contributed by atoms with Crippen molar-refractivity contribution in [2.75, 3.05) is 7.11 Å². The normalized spacial score (nSPS) is 10.8. The number of halogens is 1. The molecule has 8 heteroatoms. The number of carbonyl (C=O) groups excluding carboxylic acids is 1. The number of amides is 1. The van der Waals surface area contributed by atoms with Gasteiger partial charge >= 0.3 is 5.97 Å². The van der Waals surface area contributed by atoms with Crippen LogP contribution in [-0.4, -0.2) is 34.3 Å². The lowest BCUT2D eigenvalue weighted by atomic mass is 10.1. The van der Waals surface area contributed by atoms with Crippen LogP contribution in [-0.2, 0) is 21.0 Å². The fourth-order valence-corrected chi connectivity index (χ4v) is 1.41. The van der Waals surface area contributed by atoms with E-state index in [1.54, 1.807) is 6.07 Å². The summed E-state index contributed by atoms with van der Waals surface area (Å²) in [5, 5.41) is 26.9. The smallest absolute Gasteiger partial charge is 0.371 e. The number of rotatable bonds is 5. The predicted octanol–water partition coefficient (Wildman–Crippen LogP) is 1.11. The molecule has 0 bridgehead atoms. The number of nitriles is 1. The fourth-order valence-electron chi connectivity index (χ4n) is 1.41. The fraction of sp³-hybridized carbons (Fsp3) is 0.154. The van der Waals surface area contributed by atoms with Gasteiger partial charge in [-0.05, 0) is 17.7 Å². The van der Waals surface area contributed by atoms with E-state index in [2.05, 4.69) is 0 Å². The topological polar surface area (TPSA) is 111 Å². The SMILES string of the molecule is CON(Cc1ccc(F)c(C#N)c1)C(=O)C=C(O)C(=O)O. The Balaban J connectivity index is 2.93. The van der Waals surface area contributed by atoms with Gasteiger partial charge in [0.05, 0.1) is 25.3 Å². The highest BCUT2D eigenvalue weighted by molar-refractivity contribution is 5.95. The molecule has 0 spiro atoms. The number of aliphatic hydroxyl groups is 1. The number of hydroxylamine groups is 2. The van der Waals surface area contributed by atoms with Crippen LogP contribution in [0.2, 0.25) is 0 Å². The molecule has 1 rings (SSSR count). The molecule has 0 heterocycles. The number of carboxylic acids is 1. The number of hydrogen-bond acceptors (Lipinski definition) is 5. The van der Waals surface area contributed by atoms with Crippen LogP contribution in [0.5, 0.6) is 0 Å². The summed E-state index contributed by atoms with van der Waals surface area (Å²) in [5.41, 5.74) is 0.200. The van der Waals surface area contributed by atoms with Crippen LogP contribution >= 0.6 is 0 Å². The van der Waals surface area contributed by atoms with E-state index in [4.69, 9.17) is 20.3 Å². The van der Waals surface area contributed by atoms with Gasteiger partial charge in [-0.15, -0.1) is 0 Å². The summed E-state index contributed by atoms with van der Waals surface area (Å²) in [6.07, 6.45) is 0.473. The summed E-state index contributed by atoms with van der Waals surface area (Å²) >= 11 is 0. The first-order chi connectivity index (χ1) is 9.88. The summed E-state index contributed by atoms with van der Waals surface area (Å²) < 4.78 is 13.2. The summed E-state index contributed by atoms with van der Waals surface area (Å²) in [4.78, 5) is 26.9. The van der Waals surface area contributed by atoms with Gasteiger partial charge in [0.25, 0.3) is 5.91 Å². The summed E-state index contributed by atoms with van der Waals surface area (Å²) in [6.45, 7) is -0.159. The number of aliphatic hydroxyl groups excluding tert-OH is 1. The van der Waals surface area contributed by atoms with Crippen molar-refractivity contribution >= 4 is 11.9 Å². The van der Waals surface area contributed by atoms with Gasteiger partial charge in [-0.1, -0.05) is 6.07 Å². The molecule has 21 heavy (non-hydrogen) atoms. The van der Waals surface area contributed by atoms with Gasteiger partial charge in [0, 0.05) is 0 Å². The Bertz CT molecular complexity index is 636. The van der Waals surface area contributed by atoms with Crippen LogP contribution in [0.1, 0.15) is 11.1 Å². The van der Waals surface area contributed by atoms with Crippen molar-refractivity contribution in [2.24, 2.45) is 0 Å². The van der Waals surface area contributed by atoms with Crippen molar-refractivity contribution in [1.82, 2.24) is 5.06 Å². The van der Waals surface area contributed by atoms with Crippen molar-refractivity contribution in [3.63, 3.8) is 0 Å². The molecule has 1 aromatic carbocycles. The van der Waals surface area contributed by atoms with Crippen LogP contribution in [0.4, 0.5) is 4.39 Å². The second-order valence-corrected chi connectivity index (χ2v) is 3.82. The third-order valence-corrected chi connectivity index (χ3v) is 2.42. The molecule has 0 saturated carbocycles. The van der Waals surface area contributed by atoms with Crippen LogP contribution in [0.25, 0.3) is 0 Å². The van der Waals surface area contributed by atoms with Crippen molar-refractivity contribution in [2.45, 2.75) is 6.54 Å². The molecule has 0 aromatic heterocycles. The van der Waals surface area contributed by atoms with E-state index >= 15 is 0 Å². The van der Waals surface area contributed by atoms with Crippen molar-refractivity contribution in [1.29, 1.82) is 5.26 Å². The first-order valence-electron chi connectivity index (χ1n) is 5.57. The van der Waals surface area contributed by atoms with Gasteiger partial charge in [-0.3, -0.25) is 9.63 Å². The van der Waals surface area contributed by atoms with Gasteiger partial charge in [0.1, 0.15) is 11.9 Å². The molecule has 0 radical (unpaired) electrons. The van der Waals surface area contributed by atoms with Crippen LogP contribution < -0.4 is 0 Å². The minimum atomic E-state index is -1.66. The third-order valence-electron chi connectivity index (χ3n) is 2.42. The Labute approximate surface area is 119 Å². The molecule has 0 aliphatic carbocycles. The number of benzene rings is 1. The lowest BCUT2D eigenvalue weighted by Crippen LogP contribution is -2.28. The van der Waals surface area contributed by atoms with Gasteiger partial charge in [0.2, 0.25) is 5.76 Å². The maximum Gasteiger partial charge on any atom is 0.371 e. The lowest BCUT2D eigenvalue weighted by Gasteiger charge is -2.18. The molecule has 0 saturated heterocycles. The number of carbonyl (C=O) groups is 2. The molecule has 1 aromatic rings. The molecule has 0 atom stereocenters.